The Morgan fingerprint density at radius 3 is 2.40 bits per heavy atom. The Labute approximate surface area is 92.2 Å². The Morgan fingerprint density at radius 1 is 1.27 bits per heavy atom. The molecule has 0 radical (unpaired) electrons. The minimum absolute atomic E-state index is 0.166. The predicted octanol–water partition coefficient (Wildman–Crippen LogP) is 1.39. The summed E-state index contributed by atoms with van der Waals surface area (Å²) in [6, 6.07) is 0. The van der Waals surface area contributed by atoms with Crippen molar-refractivity contribution in [1.29, 1.82) is 0 Å². The monoisotopic (exact) mass is 210 g/mol. The molecule has 1 spiro atoms. The molecule has 1 aliphatic heterocycles. The molecule has 2 fully saturated rings. The lowest BCUT2D eigenvalue weighted by molar-refractivity contribution is -0.121. The van der Waals surface area contributed by atoms with Gasteiger partial charge in [-0.2, -0.15) is 0 Å². The molecule has 2 aliphatic rings. The van der Waals surface area contributed by atoms with Crippen LogP contribution in [0, 0.1) is 5.41 Å². The molecule has 0 atom stereocenters. The first-order valence-electron chi connectivity index (χ1n) is 6.17. The fourth-order valence-corrected chi connectivity index (χ4v) is 2.81. The molecular formula is C12H22N2O. The van der Waals surface area contributed by atoms with Crippen LogP contribution < -0.4 is 5.32 Å². The Hall–Kier alpha value is -0.570. The zero-order valence-electron chi connectivity index (χ0n) is 9.72. The summed E-state index contributed by atoms with van der Waals surface area (Å²) in [6.45, 7) is 3.35. The second kappa shape index (κ2) is 4.52. The third kappa shape index (κ3) is 2.51. The number of hydrogen-bond acceptors (Lipinski definition) is 2. The number of carbonyl (C=O) groups excluding carboxylic acids is 1. The molecule has 0 aromatic carbocycles. The number of nitrogens with zero attached hydrogens (tertiary/aromatic N) is 1. The Kier molecular flexibility index (Phi) is 3.29. The largest absolute Gasteiger partial charge is 0.359 e. The van der Waals surface area contributed by atoms with Crippen molar-refractivity contribution in [1.82, 2.24) is 10.2 Å². The van der Waals surface area contributed by atoms with Gasteiger partial charge in [-0.1, -0.05) is 6.42 Å². The maximum absolute atomic E-state index is 11.1. The SMILES string of the molecule is CNC(=O)CCN1CCC2(CCC2)CC1. The highest BCUT2D eigenvalue weighted by molar-refractivity contribution is 5.75. The molecule has 1 amide bonds. The van der Waals surface area contributed by atoms with Crippen LogP contribution in [0.25, 0.3) is 0 Å². The first-order valence-corrected chi connectivity index (χ1v) is 6.17. The van der Waals surface area contributed by atoms with E-state index in [0.717, 1.165) is 12.0 Å². The van der Waals surface area contributed by atoms with Crippen molar-refractivity contribution in [3.8, 4) is 0 Å². The third-order valence-electron chi connectivity index (χ3n) is 4.26. The van der Waals surface area contributed by atoms with Gasteiger partial charge in [0.15, 0.2) is 0 Å². The summed E-state index contributed by atoms with van der Waals surface area (Å²) in [5, 5.41) is 2.68. The molecule has 1 aliphatic carbocycles. The number of likely N-dealkylation sites (tertiary alicyclic amines) is 1. The second-order valence-electron chi connectivity index (χ2n) is 5.12. The fourth-order valence-electron chi connectivity index (χ4n) is 2.81. The van der Waals surface area contributed by atoms with E-state index in [4.69, 9.17) is 0 Å². The number of amides is 1. The minimum atomic E-state index is 0.166. The molecule has 0 unspecified atom stereocenters. The zero-order chi connectivity index (χ0) is 10.7. The third-order valence-corrected chi connectivity index (χ3v) is 4.26. The summed E-state index contributed by atoms with van der Waals surface area (Å²) < 4.78 is 0. The van der Waals surface area contributed by atoms with Crippen molar-refractivity contribution >= 4 is 5.91 Å². The molecule has 0 aromatic rings. The Morgan fingerprint density at radius 2 is 1.93 bits per heavy atom. The van der Waals surface area contributed by atoms with Crippen molar-refractivity contribution in [2.75, 3.05) is 26.7 Å². The number of nitrogens with one attached hydrogen (secondary N) is 1. The van der Waals surface area contributed by atoms with Crippen molar-refractivity contribution in [3.63, 3.8) is 0 Å². The molecule has 15 heavy (non-hydrogen) atoms. The molecule has 1 heterocycles. The van der Waals surface area contributed by atoms with Gasteiger partial charge in [-0.05, 0) is 44.2 Å². The van der Waals surface area contributed by atoms with Gasteiger partial charge < -0.3 is 10.2 Å². The van der Waals surface area contributed by atoms with Crippen LogP contribution in [-0.4, -0.2) is 37.5 Å². The predicted molar refractivity (Wildman–Crippen MR) is 60.6 cm³/mol. The summed E-state index contributed by atoms with van der Waals surface area (Å²) in [7, 11) is 1.71. The Bertz CT molecular complexity index is 226. The van der Waals surface area contributed by atoms with E-state index in [1.807, 2.05) is 0 Å². The van der Waals surface area contributed by atoms with Crippen LogP contribution in [0.4, 0.5) is 0 Å². The van der Waals surface area contributed by atoms with Crippen molar-refractivity contribution in [2.24, 2.45) is 5.41 Å². The number of piperidine rings is 1. The van der Waals surface area contributed by atoms with Crippen molar-refractivity contribution in [3.05, 3.63) is 0 Å². The summed E-state index contributed by atoms with van der Waals surface area (Å²) in [5.41, 5.74) is 0.726. The van der Waals surface area contributed by atoms with Crippen LogP contribution in [-0.2, 0) is 4.79 Å². The summed E-state index contributed by atoms with van der Waals surface area (Å²) in [6.07, 6.45) is 7.73. The topological polar surface area (TPSA) is 32.3 Å². The lowest BCUT2D eigenvalue weighted by Crippen LogP contribution is -2.44. The summed E-state index contributed by atoms with van der Waals surface area (Å²) in [5.74, 6) is 0.166. The second-order valence-corrected chi connectivity index (χ2v) is 5.12. The maximum Gasteiger partial charge on any atom is 0.221 e. The number of rotatable bonds is 3. The van der Waals surface area contributed by atoms with Gasteiger partial charge >= 0.3 is 0 Å². The van der Waals surface area contributed by atoms with Gasteiger partial charge in [0.25, 0.3) is 0 Å². The van der Waals surface area contributed by atoms with Gasteiger partial charge in [0.2, 0.25) is 5.91 Å². The van der Waals surface area contributed by atoms with E-state index in [2.05, 4.69) is 10.2 Å². The normalized spacial score (nSPS) is 24.9. The smallest absolute Gasteiger partial charge is 0.221 e. The van der Waals surface area contributed by atoms with Crippen LogP contribution in [0.15, 0.2) is 0 Å². The van der Waals surface area contributed by atoms with Crippen LogP contribution in [0.1, 0.15) is 38.5 Å². The molecule has 1 saturated carbocycles. The highest BCUT2D eigenvalue weighted by Crippen LogP contribution is 2.48. The van der Waals surface area contributed by atoms with Crippen molar-refractivity contribution in [2.45, 2.75) is 38.5 Å². The standard InChI is InChI=1S/C12H22N2O/c1-13-11(15)3-8-14-9-6-12(7-10-14)4-2-5-12/h2-10H2,1H3,(H,13,15). The average molecular weight is 210 g/mol. The van der Waals surface area contributed by atoms with E-state index < -0.39 is 0 Å². The lowest BCUT2D eigenvalue weighted by atomic mass is 9.63. The average Bonchev–Trinajstić information content (AvgIpc) is 2.24. The first-order chi connectivity index (χ1) is 7.24. The molecule has 3 heteroatoms. The highest BCUT2D eigenvalue weighted by Gasteiger charge is 2.39. The zero-order valence-corrected chi connectivity index (χ0v) is 9.72. The molecule has 86 valence electrons. The van der Waals surface area contributed by atoms with E-state index in [9.17, 15) is 4.79 Å². The van der Waals surface area contributed by atoms with Gasteiger partial charge in [-0.3, -0.25) is 4.79 Å². The maximum atomic E-state index is 11.1. The van der Waals surface area contributed by atoms with Gasteiger partial charge in [-0.25, -0.2) is 0 Å². The molecule has 0 bridgehead atoms. The van der Waals surface area contributed by atoms with E-state index in [0.29, 0.717) is 6.42 Å². The first kappa shape index (κ1) is 10.9. The van der Waals surface area contributed by atoms with Crippen LogP contribution >= 0.6 is 0 Å². The number of hydrogen-bond donors (Lipinski definition) is 1. The van der Waals surface area contributed by atoms with E-state index in [1.54, 1.807) is 7.05 Å². The van der Waals surface area contributed by atoms with E-state index >= 15 is 0 Å². The van der Waals surface area contributed by atoms with Crippen LogP contribution in [0.3, 0.4) is 0 Å². The van der Waals surface area contributed by atoms with Gasteiger partial charge in [-0.15, -0.1) is 0 Å². The molecule has 2 rings (SSSR count). The molecule has 1 saturated heterocycles. The van der Waals surface area contributed by atoms with Crippen LogP contribution in [0.2, 0.25) is 0 Å². The molecule has 0 aromatic heterocycles. The fraction of sp³-hybridized carbons (Fsp3) is 0.917. The summed E-state index contributed by atoms with van der Waals surface area (Å²) >= 11 is 0. The Balaban J connectivity index is 1.67. The minimum Gasteiger partial charge on any atom is -0.359 e. The lowest BCUT2D eigenvalue weighted by Gasteiger charge is -2.48. The quantitative estimate of drug-likeness (QED) is 0.763. The van der Waals surface area contributed by atoms with Crippen molar-refractivity contribution < 1.29 is 4.79 Å². The van der Waals surface area contributed by atoms with Gasteiger partial charge in [0.05, 0.1) is 0 Å². The van der Waals surface area contributed by atoms with Gasteiger partial charge in [0, 0.05) is 20.0 Å². The summed E-state index contributed by atoms with van der Waals surface area (Å²) in [4.78, 5) is 13.6. The van der Waals surface area contributed by atoms with Crippen LogP contribution in [0.5, 0.6) is 0 Å². The molecular weight excluding hydrogens is 188 g/mol. The van der Waals surface area contributed by atoms with E-state index in [1.165, 1.54) is 45.2 Å². The van der Waals surface area contributed by atoms with E-state index in [-0.39, 0.29) is 5.91 Å². The number of carbonyl (C=O) groups is 1. The highest BCUT2D eigenvalue weighted by atomic mass is 16.1. The molecule has 1 N–H and O–H groups in total. The molecule has 3 nitrogen and oxygen atoms in total. The van der Waals surface area contributed by atoms with Gasteiger partial charge in [0.1, 0.15) is 0 Å².